The van der Waals surface area contributed by atoms with Gasteiger partial charge in [-0.05, 0) is 6.42 Å². The third-order valence-corrected chi connectivity index (χ3v) is 5.34. The van der Waals surface area contributed by atoms with E-state index in [0.717, 1.165) is 17.9 Å². The lowest BCUT2D eigenvalue weighted by atomic mass is 10.0. The van der Waals surface area contributed by atoms with Gasteiger partial charge in [0.2, 0.25) is 0 Å². The summed E-state index contributed by atoms with van der Waals surface area (Å²) < 4.78 is 0.593. The van der Waals surface area contributed by atoms with Gasteiger partial charge in [-0.3, -0.25) is 0 Å². The third kappa shape index (κ3) is 12.6. The topological polar surface area (TPSA) is 28.7 Å². The monoisotopic (exact) mass is 382 g/mol. The number of aromatic amines is 1. The van der Waals surface area contributed by atoms with E-state index in [-0.39, 0.29) is 0 Å². The Morgan fingerprint density at radius 3 is 1.68 bits per heavy atom. The van der Waals surface area contributed by atoms with Crippen LogP contribution in [-0.4, -0.2) is 14.2 Å². The molecule has 0 aromatic carbocycles. The minimum absolute atomic E-state index is 0.593. The maximum Gasteiger partial charge on any atom is 0.106 e. The third-order valence-electron chi connectivity index (χ3n) is 4.88. The van der Waals surface area contributed by atoms with Crippen molar-refractivity contribution in [1.82, 2.24) is 9.97 Å². The van der Waals surface area contributed by atoms with Crippen molar-refractivity contribution in [3.63, 3.8) is 0 Å². The van der Waals surface area contributed by atoms with Crippen LogP contribution in [0.15, 0.2) is 6.20 Å². The summed E-state index contributed by atoms with van der Waals surface area (Å²) in [6.45, 7) is 2.29. The van der Waals surface area contributed by atoms with Crippen LogP contribution in [-0.2, 0) is 6.42 Å². The van der Waals surface area contributed by atoms with Crippen molar-refractivity contribution < 1.29 is 0 Å². The van der Waals surface area contributed by atoms with E-state index in [1.165, 1.54) is 96.3 Å². The fourth-order valence-electron chi connectivity index (χ4n) is 3.26. The lowest BCUT2D eigenvalue weighted by Crippen LogP contribution is -1.91. The van der Waals surface area contributed by atoms with Crippen molar-refractivity contribution in [2.75, 3.05) is 0 Å². The molecule has 0 radical (unpaired) electrons. The van der Waals surface area contributed by atoms with Crippen LogP contribution in [0.4, 0.5) is 0 Å². The minimum atomic E-state index is 0.593. The highest BCUT2D eigenvalue weighted by atomic mass is 32.1. The molecule has 144 valence electrons. The van der Waals surface area contributed by atoms with Crippen LogP contribution in [0.1, 0.15) is 115 Å². The summed E-state index contributed by atoms with van der Waals surface area (Å²) in [6, 6.07) is 0. The second kappa shape index (κ2) is 15.9. The molecular formula is C21H38N2S2. The highest BCUT2D eigenvalue weighted by Crippen LogP contribution is 2.14. The predicted octanol–water partition coefficient (Wildman–Crippen LogP) is 7.43. The number of thiol groups is 1. The molecule has 1 N–H and O–H groups in total. The van der Waals surface area contributed by atoms with Crippen molar-refractivity contribution >= 4 is 29.0 Å². The predicted molar refractivity (Wildman–Crippen MR) is 118 cm³/mol. The first-order chi connectivity index (χ1) is 12.2. The summed E-state index contributed by atoms with van der Waals surface area (Å²) in [5.41, 5.74) is 0.870. The Bertz CT molecular complexity index is 443. The van der Waals surface area contributed by atoms with Crippen LogP contribution < -0.4 is 0 Å². The molecule has 1 heterocycles. The average Bonchev–Trinajstić information content (AvgIpc) is 3.07. The van der Waals surface area contributed by atoms with Gasteiger partial charge in [0.05, 0.1) is 16.1 Å². The van der Waals surface area contributed by atoms with Crippen molar-refractivity contribution in [2.24, 2.45) is 0 Å². The molecule has 0 spiro atoms. The fraction of sp³-hybridized carbons (Fsp3) is 0.810. The van der Waals surface area contributed by atoms with E-state index in [0.29, 0.717) is 4.20 Å². The molecule has 2 nitrogen and oxygen atoms in total. The Kier molecular flexibility index (Phi) is 14.4. The zero-order valence-corrected chi connectivity index (χ0v) is 17.9. The van der Waals surface area contributed by atoms with E-state index in [9.17, 15) is 0 Å². The highest BCUT2D eigenvalue weighted by molar-refractivity contribution is 8.11. The van der Waals surface area contributed by atoms with Crippen LogP contribution in [0.5, 0.6) is 0 Å². The zero-order chi connectivity index (χ0) is 18.2. The number of imidazole rings is 1. The first-order valence-corrected chi connectivity index (χ1v) is 11.4. The SMILES string of the molecule is CCCCCCCCCCCCCCCCCc1ncc(C(=S)S)[nH]1. The van der Waals surface area contributed by atoms with Gasteiger partial charge in [-0.25, -0.2) is 4.98 Å². The molecule has 1 rings (SSSR count). The van der Waals surface area contributed by atoms with Crippen molar-refractivity contribution in [1.29, 1.82) is 0 Å². The maximum atomic E-state index is 5.02. The van der Waals surface area contributed by atoms with Gasteiger partial charge in [-0.1, -0.05) is 109 Å². The zero-order valence-electron chi connectivity index (χ0n) is 16.2. The number of hydrogen-bond donors (Lipinski definition) is 2. The van der Waals surface area contributed by atoms with Crippen molar-refractivity contribution in [3.05, 3.63) is 17.7 Å². The number of aryl methyl sites for hydroxylation is 1. The Hall–Kier alpha value is -0.350. The molecule has 0 saturated heterocycles. The molecule has 0 aliphatic rings. The second-order valence-electron chi connectivity index (χ2n) is 7.25. The summed E-state index contributed by atoms with van der Waals surface area (Å²) in [5.74, 6) is 1.04. The van der Waals surface area contributed by atoms with Gasteiger partial charge in [0.15, 0.2) is 0 Å². The molecule has 0 unspecified atom stereocenters. The largest absolute Gasteiger partial charge is 0.341 e. The molecule has 0 aliphatic heterocycles. The fourth-order valence-corrected chi connectivity index (χ4v) is 3.48. The maximum absolute atomic E-state index is 5.02. The van der Waals surface area contributed by atoms with E-state index >= 15 is 0 Å². The van der Waals surface area contributed by atoms with Crippen LogP contribution in [0.2, 0.25) is 0 Å². The molecular weight excluding hydrogens is 344 g/mol. The van der Waals surface area contributed by atoms with Crippen LogP contribution in [0.3, 0.4) is 0 Å². The second-order valence-corrected chi connectivity index (χ2v) is 8.41. The first kappa shape index (κ1) is 22.7. The number of nitrogens with zero attached hydrogens (tertiary/aromatic N) is 1. The number of H-pyrrole nitrogens is 1. The molecule has 0 aliphatic carbocycles. The van der Waals surface area contributed by atoms with Crippen molar-refractivity contribution in [3.8, 4) is 0 Å². The Morgan fingerprint density at radius 2 is 1.28 bits per heavy atom. The number of unbranched alkanes of at least 4 members (excludes halogenated alkanes) is 14. The lowest BCUT2D eigenvalue weighted by molar-refractivity contribution is 0.531. The van der Waals surface area contributed by atoms with E-state index in [1.54, 1.807) is 6.20 Å². The van der Waals surface area contributed by atoms with Crippen LogP contribution >= 0.6 is 24.8 Å². The minimum Gasteiger partial charge on any atom is -0.341 e. The molecule has 0 amide bonds. The van der Waals surface area contributed by atoms with Gasteiger partial charge >= 0.3 is 0 Å². The summed E-state index contributed by atoms with van der Waals surface area (Å²) in [6.07, 6.45) is 23.8. The molecule has 0 atom stereocenters. The van der Waals surface area contributed by atoms with Gasteiger partial charge in [0.25, 0.3) is 0 Å². The van der Waals surface area contributed by atoms with Gasteiger partial charge in [-0.15, -0.1) is 12.6 Å². The summed E-state index contributed by atoms with van der Waals surface area (Å²) in [7, 11) is 0. The first-order valence-electron chi connectivity index (χ1n) is 10.5. The summed E-state index contributed by atoms with van der Waals surface area (Å²) >= 11 is 9.18. The molecule has 4 heteroatoms. The van der Waals surface area contributed by atoms with Crippen molar-refractivity contribution in [2.45, 2.75) is 110 Å². The number of aromatic nitrogens is 2. The highest BCUT2D eigenvalue weighted by Gasteiger charge is 2.02. The smallest absolute Gasteiger partial charge is 0.106 e. The van der Waals surface area contributed by atoms with Crippen LogP contribution in [0, 0.1) is 0 Å². The van der Waals surface area contributed by atoms with Crippen LogP contribution in [0.25, 0.3) is 0 Å². The number of nitrogens with one attached hydrogen (secondary N) is 1. The number of hydrogen-bond acceptors (Lipinski definition) is 2. The molecule has 25 heavy (non-hydrogen) atoms. The Balaban J connectivity index is 1.79. The van der Waals surface area contributed by atoms with E-state index in [4.69, 9.17) is 12.2 Å². The Labute approximate surface area is 166 Å². The number of thiocarbonyl (C=S) groups is 1. The molecule has 1 aromatic rings. The summed E-state index contributed by atoms with van der Waals surface area (Å²) in [4.78, 5) is 7.58. The molecule has 0 saturated carbocycles. The van der Waals surface area contributed by atoms with E-state index in [2.05, 4.69) is 29.5 Å². The lowest BCUT2D eigenvalue weighted by Gasteiger charge is -2.03. The standard InChI is InChI=1S/C21H38N2S2/c1-2-3-4-5-6-7-8-9-10-11-12-13-14-15-16-17-20-22-18-19(23-20)21(24)25/h18H,2-17H2,1H3,(H,22,23)(H,24,25). The summed E-state index contributed by atoms with van der Waals surface area (Å²) in [5, 5.41) is 0. The molecule has 0 bridgehead atoms. The van der Waals surface area contributed by atoms with E-state index < -0.39 is 0 Å². The van der Waals surface area contributed by atoms with E-state index in [1.807, 2.05) is 0 Å². The van der Waals surface area contributed by atoms with Gasteiger partial charge < -0.3 is 4.98 Å². The average molecular weight is 383 g/mol. The Morgan fingerprint density at radius 1 is 0.840 bits per heavy atom. The van der Waals surface area contributed by atoms with Gasteiger partial charge in [0.1, 0.15) is 5.82 Å². The molecule has 1 aromatic heterocycles. The quantitative estimate of drug-likeness (QED) is 0.167. The van der Waals surface area contributed by atoms with Gasteiger partial charge in [-0.2, -0.15) is 0 Å². The van der Waals surface area contributed by atoms with Gasteiger partial charge in [0, 0.05) is 6.42 Å². The molecule has 0 fully saturated rings. The normalized spacial score (nSPS) is 11.1. The number of rotatable bonds is 17.